The summed E-state index contributed by atoms with van der Waals surface area (Å²) in [5.41, 5.74) is 3.35. The summed E-state index contributed by atoms with van der Waals surface area (Å²) in [6, 6.07) is 23.8. The van der Waals surface area contributed by atoms with Crippen molar-refractivity contribution in [3.8, 4) is 0 Å². The molecule has 0 aromatic heterocycles. The number of nitrogens with zero attached hydrogens (tertiary/aromatic N) is 2. The fourth-order valence-corrected chi connectivity index (χ4v) is 5.52. The summed E-state index contributed by atoms with van der Waals surface area (Å²) in [5, 5.41) is 2.71. The molecule has 2 amide bonds. The lowest BCUT2D eigenvalue weighted by molar-refractivity contribution is -0.141. The first-order valence-electron chi connectivity index (χ1n) is 12.4. The summed E-state index contributed by atoms with van der Waals surface area (Å²) >= 11 is 3.44. The Morgan fingerprint density at radius 2 is 1.63 bits per heavy atom. The van der Waals surface area contributed by atoms with E-state index in [0.717, 1.165) is 21.2 Å². The molecule has 1 N–H and O–H groups in total. The maximum atomic E-state index is 13.7. The van der Waals surface area contributed by atoms with Crippen molar-refractivity contribution in [1.82, 2.24) is 10.2 Å². The van der Waals surface area contributed by atoms with E-state index in [4.69, 9.17) is 0 Å². The number of halogens is 1. The van der Waals surface area contributed by atoms with Crippen molar-refractivity contribution < 1.29 is 18.0 Å². The molecule has 7 nitrogen and oxygen atoms in total. The van der Waals surface area contributed by atoms with Crippen molar-refractivity contribution in [2.24, 2.45) is 0 Å². The predicted molar refractivity (Wildman–Crippen MR) is 155 cm³/mol. The Balaban J connectivity index is 1.84. The molecule has 3 aromatic carbocycles. The van der Waals surface area contributed by atoms with Gasteiger partial charge in [-0.2, -0.15) is 0 Å². The van der Waals surface area contributed by atoms with E-state index in [9.17, 15) is 18.0 Å². The zero-order valence-corrected chi connectivity index (χ0v) is 24.3. The molecule has 3 aromatic rings. The highest BCUT2D eigenvalue weighted by Gasteiger charge is 2.30. The van der Waals surface area contributed by atoms with Gasteiger partial charge in [0.05, 0.1) is 11.9 Å². The van der Waals surface area contributed by atoms with Crippen LogP contribution in [0.25, 0.3) is 0 Å². The van der Waals surface area contributed by atoms with Crippen LogP contribution in [0.2, 0.25) is 0 Å². The Hall–Kier alpha value is -3.17. The summed E-state index contributed by atoms with van der Waals surface area (Å²) < 4.78 is 27.3. The summed E-state index contributed by atoms with van der Waals surface area (Å²) in [7, 11) is -1.98. The number of aryl methyl sites for hydroxylation is 1. The number of carbonyl (C=O) groups excluding carboxylic acids is 2. The van der Waals surface area contributed by atoms with Gasteiger partial charge in [-0.1, -0.05) is 70.5 Å². The minimum absolute atomic E-state index is 0.0939. The SMILES string of the molecule is CNC(=O)C(Cc1ccccc1)N(Cc1ccc(Br)cc1)C(=O)CCCN(c1cccc(C)c1)S(C)(=O)=O. The number of amides is 2. The molecule has 0 saturated heterocycles. The monoisotopic (exact) mass is 599 g/mol. The number of carbonyl (C=O) groups is 2. The zero-order chi connectivity index (χ0) is 27.7. The van der Waals surface area contributed by atoms with Gasteiger partial charge < -0.3 is 10.2 Å². The molecule has 0 aliphatic rings. The Morgan fingerprint density at radius 1 is 0.947 bits per heavy atom. The van der Waals surface area contributed by atoms with Gasteiger partial charge in [0.15, 0.2) is 0 Å². The van der Waals surface area contributed by atoms with Gasteiger partial charge in [-0.3, -0.25) is 13.9 Å². The molecular weight excluding hydrogens is 566 g/mol. The van der Waals surface area contributed by atoms with E-state index in [-0.39, 0.29) is 31.3 Å². The summed E-state index contributed by atoms with van der Waals surface area (Å²) in [4.78, 5) is 28.3. The molecule has 0 fully saturated rings. The number of rotatable bonds is 12. The van der Waals surface area contributed by atoms with Crippen LogP contribution < -0.4 is 9.62 Å². The number of hydrogen-bond donors (Lipinski definition) is 1. The van der Waals surface area contributed by atoms with Crippen LogP contribution in [0.5, 0.6) is 0 Å². The van der Waals surface area contributed by atoms with Gasteiger partial charge >= 0.3 is 0 Å². The van der Waals surface area contributed by atoms with Crippen LogP contribution in [0.15, 0.2) is 83.3 Å². The van der Waals surface area contributed by atoms with Gasteiger partial charge in [-0.05, 0) is 54.3 Å². The number of anilines is 1. The van der Waals surface area contributed by atoms with Gasteiger partial charge in [-0.25, -0.2) is 8.42 Å². The van der Waals surface area contributed by atoms with E-state index < -0.39 is 16.1 Å². The lowest BCUT2D eigenvalue weighted by Crippen LogP contribution is -2.49. The maximum absolute atomic E-state index is 13.7. The maximum Gasteiger partial charge on any atom is 0.242 e. The molecule has 1 atom stereocenters. The fraction of sp³-hybridized carbons (Fsp3) is 0.310. The van der Waals surface area contributed by atoms with Gasteiger partial charge in [0.2, 0.25) is 21.8 Å². The van der Waals surface area contributed by atoms with Crippen molar-refractivity contribution in [3.63, 3.8) is 0 Å². The van der Waals surface area contributed by atoms with Crippen LogP contribution in [0.4, 0.5) is 5.69 Å². The summed E-state index contributed by atoms with van der Waals surface area (Å²) in [6.07, 6.45) is 1.93. The van der Waals surface area contributed by atoms with Crippen LogP contribution in [-0.4, -0.2) is 51.0 Å². The number of likely N-dealkylation sites (N-methyl/N-ethyl adjacent to an activating group) is 1. The van der Waals surface area contributed by atoms with Crippen molar-refractivity contribution in [3.05, 3.63) is 100 Å². The smallest absolute Gasteiger partial charge is 0.242 e. The molecule has 0 radical (unpaired) electrons. The Bertz CT molecular complexity index is 1330. The molecule has 0 heterocycles. The van der Waals surface area contributed by atoms with Crippen molar-refractivity contribution in [2.75, 3.05) is 24.2 Å². The summed E-state index contributed by atoms with van der Waals surface area (Å²) in [5.74, 6) is -0.466. The van der Waals surface area contributed by atoms with Crippen molar-refractivity contribution in [1.29, 1.82) is 0 Å². The number of sulfonamides is 1. The average molecular weight is 601 g/mol. The van der Waals surface area contributed by atoms with Crippen LogP contribution in [0.3, 0.4) is 0 Å². The van der Waals surface area contributed by atoms with E-state index in [1.165, 1.54) is 10.6 Å². The van der Waals surface area contributed by atoms with Crippen LogP contribution >= 0.6 is 15.9 Å². The fourth-order valence-electron chi connectivity index (χ4n) is 4.29. The number of hydrogen-bond acceptors (Lipinski definition) is 4. The molecule has 0 aliphatic carbocycles. The summed E-state index contributed by atoms with van der Waals surface area (Å²) in [6.45, 7) is 2.31. The molecule has 1 unspecified atom stereocenters. The minimum atomic E-state index is -3.54. The number of nitrogens with one attached hydrogen (secondary N) is 1. The molecule has 202 valence electrons. The normalized spacial score (nSPS) is 12.0. The second-order valence-electron chi connectivity index (χ2n) is 9.25. The molecule has 0 bridgehead atoms. The zero-order valence-electron chi connectivity index (χ0n) is 21.9. The average Bonchev–Trinajstić information content (AvgIpc) is 2.89. The van der Waals surface area contributed by atoms with E-state index in [2.05, 4.69) is 21.2 Å². The van der Waals surface area contributed by atoms with Crippen molar-refractivity contribution in [2.45, 2.75) is 38.8 Å². The molecule has 0 saturated carbocycles. The molecule has 9 heteroatoms. The Kier molecular flexibility index (Phi) is 10.5. The first kappa shape index (κ1) is 29.4. The highest BCUT2D eigenvalue weighted by Crippen LogP contribution is 2.21. The highest BCUT2D eigenvalue weighted by atomic mass is 79.9. The first-order valence-corrected chi connectivity index (χ1v) is 15.1. The molecule has 3 rings (SSSR count). The van der Waals surface area contributed by atoms with Crippen LogP contribution in [-0.2, 0) is 32.6 Å². The van der Waals surface area contributed by atoms with Crippen LogP contribution in [0.1, 0.15) is 29.5 Å². The third kappa shape index (κ3) is 8.43. The molecular formula is C29H34BrN3O4S. The van der Waals surface area contributed by atoms with Gasteiger partial charge in [-0.15, -0.1) is 0 Å². The first-order chi connectivity index (χ1) is 18.1. The third-order valence-electron chi connectivity index (χ3n) is 6.23. The van der Waals surface area contributed by atoms with Gasteiger partial charge in [0.1, 0.15) is 6.04 Å². The van der Waals surface area contributed by atoms with Crippen molar-refractivity contribution >= 4 is 43.5 Å². The van der Waals surface area contributed by atoms with E-state index in [0.29, 0.717) is 18.5 Å². The van der Waals surface area contributed by atoms with E-state index >= 15 is 0 Å². The Labute approximate surface area is 234 Å². The largest absolute Gasteiger partial charge is 0.357 e. The highest BCUT2D eigenvalue weighted by molar-refractivity contribution is 9.10. The Morgan fingerprint density at radius 3 is 2.24 bits per heavy atom. The van der Waals surface area contributed by atoms with Crippen LogP contribution in [0, 0.1) is 6.92 Å². The van der Waals surface area contributed by atoms with Gasteiger partial charge in [0.25, 0.3) is 0 Å². The number of benzene rings is 3. The molecule has 0 spiro atoms. The quantitative estimate of drug-likeness (QED) is 0.327. The van der Waals surface area contributed by atoms with E-state index in [1.807, 2.05) is 79.7 Å². The van der Waals surface area contributed by atoms with Gasteiger partial charge in [0, 0.05) is 37.5 Å². The molecule has 38 heavy (non-hydrogen) atoms. The minimum Gasteiger partial charge on any atom is -0.357 e. The second kappa shape index (κ2) is 13.6. The predicted octanol–water partition coefficient (Wildman–Crippen LogP) is 4.69. The lowest BCUT2D eigenvalue weighted by Gasteiger charge is -2.31. The lowest BCUT2D eigenvalue weighted by atomic mass is 10.0. The molecule has 0 aliphatic heterocycles. The standard InChI is InChI=1S/C29H34BrN3O4S/c1-22-9-7-12-26(19-22)33(38(3,36)37)18-8-13-28(34)32(21-24-14-16-25(30)17-15-24)27(29(35)31-2)20-23-10-5-4-6-11-23/h4-7,9-12,14-17,19,27H,8,13,18,20-21H2,1-3H3,(H,31,35). The van der Waals surface area contributed by atoms with E-state index in [1.54, 1.807) is 18.0 Å². The topological polar surface area (TPSA) is 86.8 Å². The second-order valence-corrected chi connectivity index (χ2v) is 12.1. The third-order valence-corrected chi connectivity index (χ3v) is 7.95.